The molecular formula is C13H16F3NO. The van der Waals surface area contributed by atoms with Gasteiger partial charge in [0.1, 0.15) is 0 Å². The lowest BCUT2D eigenvalue weighted by Crippen LogP contribution is -2.36. The van der Waals surface area contributed by atoms with Crippen LogP contribution >= 0.6 is 0 Å². The van der Waals surface area contributed by atoms with Crippen molar-refractivity contribution in [2.75, 3.05) is 6.61 Å². The van der Waals surface area contributed by atoms with E-state index in [1.54, 1.807) is 0 Å². The van der Waals surface area contributed by atoms with Crippen molar-refractivity contribution in [2.45, 2.75) is 38.5 Å². The van der Waals surface area contributed by atoms with Crippen molar-refractivity contribution in [3.8, 4) is 0 Å². The van der Waals surface area contributed by atoms with Gasteiger partial charge in [-0.05, 0) is 37.5 Å². The number of hydrogen-bond acceptors (Lipinski definition) is 2. The van der Waals surface area contributed by atoms with Crippen LogP contribution in [0.3, 0.4) is 0 Å². The van der Waals surface area contributed by atoms with Gasteiger partial charge in [0.25, 0.3) is 0 Å². The summed E-state index contributed by atoms with van der Waals surface area (Å²) in [6.45, 7) is 3.01. The van der Waals surface area contributed by atoms with E-state index >= 15 is 0 Å². The molecule has 1 N–H and O–H groups in total. The molecule has 1 aliphatic rings. The Kier molecular flexibility index (Phi) is 4.24. The second-order valence-electron chi connectivity index (χ2n) is 4.59. The monoisotopic (exact) mass is 259 g/mol. The molecule has 18 heavy (non-hydrogen) atoms. The zero-order valence-corrected chi connectivity index (χ0v) is 10.2. The minimum Gasteiger partial charge on any atom is -0.377 e. The highest BCUT2D eigenvalue weighted by molar-refractivity contribution is 5.19. The highest BCUT2D eigenvalue weighted by Gasteiger charge is 2.22. The number of halogens is 3. The summed E-state index contributed by atoms with van der Waals surface area (Å²) in [5, 5.41) is 3.13. The first-order valence-electron chi connectivity index (χ1n) is 6.06. The molecule has 0 saturated carbocycles. The van der Waals surface area contributed by atoms with Crippen molar-refractivity contribution in [1.29, 1.82) is 0 Å². The highest BCUT2D eigenvalue weighted by atomic mass is 19.2. The quantitative estimate of drug-likeness (QED) is 0.839. The zero-order valence-electron chi connectivity index (χ0n) is 10.2. The fourth-order valence-corrected chi connectivity index (χ4v) is 2.12. The Labute approximate surface area is 104 Å². The molecule has 5 heteroatoms. The molecule has 2 nitrogen and oxygen atoms in total. The van der Waals surface area contributed by atoms with Gasteiger partial charge in [-0.1, -0.05) is 0 Å². The van der Waals surface area contributed by atoms with Crippen molar-refractivity contribution >= 4 is 0 Å². The van der Waals surface area contributed by atoms with Crippen LogP contribution in [0.15, 0.2) is 12.1 Å². The lowest BCUT2D eigenvalue weighted by atomic mass is 10.1. The minimum atomic E-state index is -1.43. The number of benzene rings is 1. The Morgan fingerprint density at radius 2 is 2.00 bits per heavy atom. The smallest absolute Gasteiger partial charge is 0.194 e. The van der Waals surface area contributed by atoms with Crippen molar-refractivity contribution in [3.63, 3.8) is 0 Å². The molecule has 1 fully saturated rings. The summed E-state index contributed by atoms with van der Waals surface area (Å²) in [6, 6.07) is 2.12. The number of rotatable bonds is 4. The van der Waals surface area contributed by atoms with Crippen LogP contribution in [0.2, 0.25) is 0 Å². The first-order valence-corrected chi connectivity index (χ1v) is 6.06. The maximum absolute atomic E-state index is 13.0. The second-order valence-corrected chi connectivity index (χ2v) is 4.59. The van der Waals surface area contributed by atoms with Crippen LogP contribution in [0.4, 0.5) is 13.2 Å². The summed E-state index contributed by atoms with van der Waals surface area (Å²) in [6.07, 6.45) is 2.16. The lowest BCUT2D eigenvalue weighted by Gasteiger charge is -2.20. The third kappa shape index (κ3) is 3.03. The predicted octanol–water partition coefficient (Wildman–Crippen LogP) is 2.76. The third-order valence-corrected chi connectivity index (χ3v) is 3.19. The van der Waals surface area contributed by atoms with Crippen molar-refractivity contribution in [3.05, 3.63) is 35.1 Å². The summed E-state index contributed by atoms with van der Waals surface area (Å²) in [5.74, 6) is -3.74. The molecule has 0 radical (unpaired) electrons. The molecule has 1 aromatic carbocycles. The topological polar surface area (TPSA) is 21.3 Å². The fraction of sp³-hybridized carbons (Fsp3) is 0.538. The normalized spacial score (nSPS) is 21.2. The maximum atomic E-state index is 13.0. The van der Waals surface area contributed by atoms with E-state index in [-0.39, 0.29) is 18.7 Å². The van der Waals surface area contributed by atoms with E-state index in [0.29, 0.717) is 5.56 Å². The largest absolute Gasteiger partial charge is 0.377 e. The zero-order chi connectivity index (χ0) is 13.1. The van der Waals surface area contributed by atoms with Crippen molar-refractivity contribution in [2.24, 2.45) is 0 Å². The molecule has 0 spiro atoms. The van der Waals surface area contributed by atoms with Gasteiger partial charge < -0.3 is 10.1 Å². The molecular weight excluding hydrogens is 243 g/mol. The average molecular weight is 259 g/mol. The molecule has 0 bridgehead atoms. The van der Waals surface area contributed by atoms with E-state index in [2.05, 4.69) is 5.32 Å². The van der Waals surface area contributed by atoms with Gasteiger partial charge in [-0.3, -0.25) is 0 Å². The summed E-state index contributed by atoms with van der Waals surface area (Å²) in [7, 11) is 0. The second kappa shape index (κ2) is 5.71. The van der Waals surface area contributed by atoms with Crippen LogP contribution in [-0.2, 0) is 11.3 Å². The molecule has 0 aliphatic carbocycles. The van der Waals surface area contributed by atoms with Crippen molar-refractivity contribution < 1.29 is 17.9 Å². The van der Waals surface area contributed by atoms with Crippen LogP contribution < -0.4 is 5.32 Å². The van der Waals surface area contributed by atoms with E-state index in [1.807, 2.05) is 6.92 Å². The molecule has 1 aromatic rings. The van der Waals surface area contributed by atoms with Crippen LogP contribution in [-0.4, -0.2) is 18.8 Å². The number of hydrogen-bond donors (Lipinski definition) is 1. The molecule has 1 aliphatic heterocycles. The van der Waals surface area contributed by atoms with Crippen LogP contribution in [0.5, 0.6) is 0 Å². The van der Waals surface area contributed by atoms with E-state index < -0.39 is 17.5 Å². The van der Waals surface area contributed by atoms with E-state index in [1.165, 1.54) is 0 Å². The minimum absolute atomic E-state index is 0.101. The summed E-state index contributed by atoms with van der Waals surface area (Å²) >= 11 is 0. The Morgan fingerprint density at radius 1 is 1.33 bits per heavy atom. The Hall–Kier alpha value is -1.07. The molecule has 100 valence electrons. The first-order chi connectivity index (χ1) is 8.58. The fourth-order valence-electron chi connectivity index (χ4n) is 2.12. The average Bonchev–Trinajstić information content (AvgIpc) is 2.86. The Balaban J connectivity index is 1.93. The van der Waals surface area contributed by atoms with Gasteiger partial charge >= 0.3 is 0 Å². The number of nitrogens with one attached hydrogen (secondary N) is 1. The Bertz CT molecular complexity index is 396. The summed E-state index contributed by atoms with van der Waals surface area (Å²) in [4.78, 5) is 0. The molecule has 0 aromatic heterocycles. The van der Waals surface area contributed by atoms with E-state index in [4.69, 9.17) is 4.74 Å². The van der Waals surface area contributed by atoms with Crippen LogP contribution in [0.1, 0.15) is 25.3 Å². The van der Waals surface area contributed by atoms with Crippen LogP contribution in [0.25, 0.3) is 0 Å². The number of ether oxygens (including phenoxy) is 1. The molecule has 1 heterocycles. The molecule has 1 saturated heterocycles. The highest BCUT2D eigenvalue weighted by Crippen LogP contribution is 2.17. The summed E-state index contributed by atoms with van der Waals surface area (Å²) < 4.78 is 44.3. The molecule has 2 unspecified atom stereocenters. The molecule has 0 amide bonds. The standard InChI is InChI=1S/C13H16F3NO/c1-8(12-3-2-4-18-12)17-7-9-5-10(14)13(16)11(15)6-9/h5-6,8,12,17H,2-4,7H2,1H3. The lowest BCUT2D eigenvalue weighted by molar-refractivity contribution is 0.0832. The third-order valence-electron chi connectivity index (χ3n) is 3.19. The summed E-state index contributed by atoms with van der Waals surface area (Å²) in [5.41, 5.74) is 0.385. The van der Waals surface area contributed by atoms with Gasteiger partial charge in [0, 0.05) is 19.2 Å². The maximum Gasteiger partial charge on any atom is 0.194 e. The predicted molar refractivity (Wildman–Crippen MR) is 61.6 cm³/mol. The molecule has 2 rings (SSSR count). The van der Waals surface area contributed by atoms with Gasteiger partial charge in [0.15, 0.2) is 17.5 Å². The van der Waals surface area contributed by atoms with Gasteiger partial charge in [-0.15, -0.1) is 0 Å². The van der Waals surface area contributed by atoms with E-state index in [0.717, 1.165) is 31.6 Å². The van der Waals surface area contributed by atoms with Crippen molar-refractivity contribution in [1.82, 2.24) is 5.32 Å². The SMILES string of the molecule is CC(NCc1cc(F)c(F)c(F)c1)C1CCCO1. The van der Waals surface area contributed by atoms with Crippen LogP contribution in [0, 0.1) is 17.5 Å². The Morgan fingerprint density at radius 3 is 2.56 bits per heavy atom. The molecule has 2 atom stereocenters. The van der Waals surface area contributed by atoms with E-state index in [9.17, 15) is 13.2 Å². The van der Waals surface area contributed by atoms with Gasteiger partial charge in [0.05, 0.1) is 6.10 Å². The van der Waals surface area contributed by atoms with Gasteiger partial charge in [0.2, 0.25) is 0 Å². The van der Waals surface area contributed by atoms with Gasteiger partial charge in [-0.2, -0.15) is 0 Å². The first kappa shape index (κ1) is 13.4. The van der Waals surface area contributed by atoms with Gasteiger partial charge in [-0.25, -0.2) is 13.2 Å².